The van der Waals surface area contributed by atoms with Crippen LogP contribution < -0.4 is 5.32 Å². The average Bonchev–Trinajstić information content (AvgIpc) is 2.94. The molecule has 0 bridgehead atoms. The maximum absolute atomic E-state index is 12.5. The van der Waals surface area contributed by atoms with E-state index >= 15 is 0 Å². The van der Waals surface area contributed by atoms with Gasteiger partial charge in [0, 0.05) is 23.9 Å². The molecule has 7 heteroatoms. The maximum atomic E-state index is 12.5. The lowest BCUT2D eigenvalue weighted by Crippen LogP contribution is -2.10. The van der Waals surface area contributed by atoms with Crippen molar-refractivity contribution in [1.82, 2.24) is 14.6 Å². The summed E-state index contributed by atoms with van der Waals surface area (Å²) in [4.78, 5) is 24.2. The topological polar surface area (TPSA) is 76.4 Å². The molecule has 0 atom stereocenters. The normalized spacial score (nSPS) is 14.0. The number of benzene rings is 1. The lowest BCUT2D eigenvalue weighted by Gasteiger charge is -2.08. The van der Waals surface area contributed by atoms with E-state index in [1.165, 1.54) is 11.8 Å². The van der Waals surface area contributed by atoms with Gasteiger partial charge < -0.3 is 5.32 Å². The van der Waals surface area contributed by atoms with Gasteiger partial charge in [0.1, 0.15) is 0 Å². The number of nitrogens with one attached hydrogen (secondary N) is 1. The number of aryl methyl sites for hydroxylation is 1. The molecule has 0 unspecified atom stereocenters. The molecule has 4 rings (SSSR count). The molecule has 0 saturated heterocycles. The van der Waals surface area contributed by atoms with Gasteiger partial charge in [-0.2, -0.15) is 0 Å². The Morgan fingerprint density at radius 3 is 3.04 bits per heavy atom. The molecule has 0 saturated carbocycles. The number of carbonyl (C=O) groups is 2. The van der Waals surface area contributed by atoms with Gasteiger partial charge >= 0.3 is 0 Å². The van der Waals surface area contributed by atoms with E-state index in [1.807, 2.05) is 40.9 Å². The van der Waals surface area contributed by atoms with Crippen LogP contribution in [0.15, 0.2) is 47.8 Å². The Kier molecular flexibility index (Phi) is 4.23. The molecule has 1 aliphatic rings. The quantitative estimate of drug-likeness (QED) is 0.577. The van der Waals surface area contributed by atoms with E-state index in [0.717, 1.165) is 29.7 Å². The molecule has 2 aromatic heterocycles. The number of thioether (sulfide) groups is 1. The van der Waals surface area contributed by atoms with Crippen LogP contribution in [0.5, 0.6) is 0 Å². The number of nitrogens with zero attached hydrogens (tertiary/aromatic N) is 3. The number of amides is 1. The Balaban J connectivity index is 1.50. The lowest BCUT2D eigenvalue weighted by atomic mass is 10.0. The van der Waals surface area contributed by atoms with E-state index < -0.39 is 0 Å². The summed E-state index contributed by atoms with van der Waals surface area (Å²) >= 11 is 1.37. The van der Waals surface area contributed by atoms with E-state index in [1.54, 1.807) is 6.07 Å². The molecular weight excluding hydrogens is 336 g/mol. The third-order valence-electron chi connectivity index (χ3n) is 4.17. The number of Topliss-reactive ketones (excluding diaryl/α,β-unsaturated/α-hetero) is 1. The van der Waals surface area contributed by atoms with Crippen LogP contribution >= 0.6 is 11.8 Å². The molecule has 0 fully saturated rings. The molecule has 1 aromatic carbocycles. The highest BCUT2D eigenvalue weighted by molar-refractivity contribution is 7.99. The van der Waals surface area contributed by atoms with Gasteiger partial charge in [-0.05, 0) is 48.7 Å². The zero-order chi connectivity index (χ0) is 17.2. The van der Waals surface area contributed by atoms with E-state index in [9.17, 15) is 9.59 Å². The highest BCUT2D eigenvalue weighted by atomic mass is 32.2. The third kappa shape index (κ3) is 3.28. The van der Waals surface area contributed by atoms with Gasteiger partial charge in [-0.25, -0.2) is 0 Å². The predicted octanol–water partition coefficient (Wildman–Crippen LogP) is 2.98. The number of hydrogen-bond donors (Lipinski definition) is 1. The van der Waals surface area contributed by atoms with Gasteiger partial charge in [-0.15, -0.1) is 10.2 Å². The maximum Gasteiger partial charge on any atom is 0.224 e. The van der Waals surface area contributed by atoms with Gasteiger partial charge in [-0.1, -0.05) is 17.8 Å². The largest absolute Gasteiger partial charge is 0.326 e. The lowest BCUT2D eigenvalue weighted by molar-refractivity contribution is -0.116. The van der Waals surface area contributed by atoms with Crippen LogP contribution in [0.2, 0.25) is 0 Å². The van der Waals surface area contributed by atoms with Crippen molar-refractivity contribution in [3.63, 3.8) is 0 Å². The molecule has 6 nitrogen and oxygen atoms in total. The molecule has 1 amide bonds. The summed E-state index contributed by atoms with van der Waals surface area (Å²) in [5, 5.41) is 11.8. The molecule has 0 aliphatic carbocycles. The number of pyridine rings is 1. The Hall–Kier alpha value is -2.67. The average molecular weight is 352 g/mol. The number of fused-ring (bicyclic) bond motifs is 2. The summed E-state index contributed by atoms with van der Waals surface area (Å²) in [5.74, 6) is 0.365. The summed E-state index contributed by atoms with van der Waals surface area (Å²) in [5.41, 5.74) is 3.26. The van der Waals surface area contributed by atoms with E-state index in [-0.39, 0.29) is 11.7 Å². The molecule has 3 heterocycles. The molecule has 126 valence electrons. The van der Waals surface area contributed by atoms with Crippen LogP contribution in [0, 0.1) is 0 Å². The molecule has 1 aliphatic heterocycles. The SMILES string of the molecule is O=C1CCCc2cc(C(=O)CSc3nnc4ccccn34)ccc2N1. The van der Waals surface area contributed by atoms with Gasteiger partial charge in [-0.3, -0.25) is 14.0 Å². The van der Waals surface area contributed by atoms with E-state index in [2.05, 4.69) is 15.5 Å². The summed E-state index contributed by atoms with van der Waals surface area (Å²) in [6.07, 6.45) is 4.01. The second-order valence-electron chi connectivity index (χ2n) is 5.90. The molecular formula is C18H16N4O2S. The minimum absolute atomic E-state index is 0.0343. The Bertz CT molecular complexity index is 967. The first-order chi connectivity index (χ1) is 12.2. The van der Waals surface area contributed by atoms with Gasteiger partial charge in [0.25, 0.3) is 0 Å². The molecule has 0 radical (unpaired) electrons. The Morgan fingerprint density at radius 1 is 1.20 bits per heavy atom. The van der Waals surface area contributed by atoms with E-state index in [0.29, 0.717) is 22.9 Å². The van der Waals surface area contributed by atoms with Crippen molar-refractivity contribution in [2.45, 2.75) is 24.4 Å². The van der Waals surface area contributed by atoms with Crippen LogP contribution in [0.1, 0.15) is 28.8 Å². The summed E-state index contributed by atoms with van der Waals surface area (Å²) in [6, 6.07) is 11.2. The summed E-state index contributed by atoms with van der Waals surface area (Å²) < 4.78 is 1.87. The van der Waals surface area contributed by atoms with Crippen molar-refractivity contribution in [1.29, 1.82) is 0 Å². The first kappa shape index (κ1) is 15.8. The van der Waals surface area contributed by atoms with Crippen molar-refractivity contribution in [3.05, 3.63) is 53.7 Å². The minimum atomic E-state index is 0.0343. The first-order valence-corrected chi connectivity index (χ1v) is 9.08. The Morgan fingerprint density at radius 2 is 2.12 bits per heavy atom. The van der Waals surface area contributed by atoms with Crippen LogP contribution in [0.4, 0.5) is 5.69 Å². The number of anilines is 1. The second-order valence-corrected chi connectivity index (χ2v) is 6.84. The standard InChI is InChI=1S/C18H16N4O2S/c23-15(11-25-18-21-20-16-5-1-2-9-22(16)18)13-7-8-14-12(10-13)4-3-6-17(24)19-14/h1-2,5,7-10H,3-4,6,11H2,(H,19,24). The van der Waals surface area contributed by atoms with Crippen molar-refractivity contribution >= 4 is 34.8 Å². The van der Waals surface area contributed by atoms with Gasteiger partial charge in [0.05, 0.1) is 5.75 Å². The third-order valence-corrected chi connectivity index (χ3v) is 5.11. The smallest absolute Gasteiger partial charge is 0.224 e. The molecule has 3 aromatic rings. The zero-order valence-electron chi connectivity index (χ0n) is 13.4. The fraction of sp³-hybridized carbons (Fsp3) is 0.222. The first-order valence-electron chi connectivity index (χ1n) is 8.09. The number of hydrogen-bond acceptors (Lipinski definition) is 5. The van der Waals surface area contributed by atoms with Crippen molar-refractivity contribution in [3.8, 4) is 0 Å². The fourth-order valence-corrected chi connectivity index (χ4v) is 3.70. The van der Waals surface area contributed by atoms with Crippen molar-refractivity contribution < 1.29 is 9.59 Å². The molecule has 25 heavy (non-hydrogen) atoms. The number of aromatic nitrogens is 3. The molecule has 1 N–H and O–H groups in total. The van der Waals surface area contributed by atoms with Crippen LogP contribution in [-0.2, 0) is 11.2 Å². The number of ketones is 1. The predicted molar refractivity (Wildman–Crippen MR) is 96.1 cm³/mol. The Labute approximate surface area is 148 Å². The summed E-state index contributed by atoms with van der Waals surface area (Å²) in [7, 11) is 0. The second kappa shape index (κ2) is 6.68. The minimum Gasteiger partial charge on any atom is -0.326 e. The van der Waals surface area contributed by atoms with Gasteiger partial charge in [0.2, 0.25) is 5.91 Å². The zero-order valence-corrected chi connectivity index (χ0v) is 14.3. The van der Waals surface area contributed by atoms with Crippen molar-refractivity contribution in [2.24, 2.45) is 0 Å². The van der Waals surface area contributed by atoms with E-state index in [4.69, 9.17) is 0 Å². The van der Waals surface area contributed by atoms with Crippen molar-refractivity contribution in [2.75, 3.05) is 11.1 Å². The number of carbonyl (C=O) groups excluding carboxylic acids is 2. The van der Waals surface area contributed by atoms with Crippen LogP contribution in [0.25, 0.3) is 5.65 Å². The number of rotatable bonds is 4. The highest BCUT2D eigenvalue weighted by Crippen LogP contribution is 2.25. The summed E-state index contributed by atoms with van der Waals surface area (Å²) in [6.45, 7) is 0. The molecule has 0 spiro atoms. The van der Waals surface area contributed by atoms with Crippen LogP contribution in [-0.4, -0.2) is 32.0 Å². The monoisotopic (exact) mass is 352 g/mol. The van der Waals surface area contributed by atoms with Gasteiger partial charge in [0.15, 0.2) is 16.6 Å². The van der Waals surface area contributed by atoms with Crippen LogP contribution in [0.3, 0.4) is 0 Å². The highest BCUT2D eigenvalue weighted by Gasteiger charge is 2.16. The fourth-order valence-electron chi connectivity index (χ4n) is 2.88.